The number of nitrogens with zero attached hydrogens (tertiary/aromatic N) is 1. The second kappa shape index (κ2) is 10.9. The minimum atomic E-state index is -0.744. The number of thiophene rings is 1. The van der Waals surface area contributed by atoms with Crippen LogP contribution in [0, 0.1) is 10.1 Å². The fourth-order valence-corrected chi connectivity index (χ4v) is 4.84. The maximum Gasteiger partial charge on any atom is 0.283 e. The summed E-state index contributed by atoms with van der Waals surface area (Å²) in [6.45, 7) is 2.13. The average Bonchev–Trinajstić information content (AvgIpc) is 3.31. The molecule has 1 heterocycles. The van der Waals surface area contributed by atoms with Gasteiger partial charge >= 0.3 is 0 Å². The minimum absolute atomic E-state index is 0.00739. The molecule has 0 saturated heterocycles. The highest BCUT2D eigenvalue weighted by Gasteiger charge is 2.21. The van der Waals surface area contributed by atoms with Crippen LogP contribution >= 0.6 is 23.1 Å². The van der Waals surface area contributed by atoms with Gasteiger partial charge in [-0.2, -0.15) is 0 Å². The number of nitro benzene ring substituents is 1. The van der Waals surface area contributed by atoms with Crippen molar-refractivity contribution < 1.29 is 14.5 Å². The number of amides is 2. The van der Waals surface area contributed by atoms with Crippen LogP contribution in [0.25, 0.3) is 0 Å². The minimum Gasteiger partial charge on any atom is -0.366 e. The van der Waals surface area contributed by atoms with Gasteiger partial charge in [-0.15, -0.1) is 23.1 Å². The monoisotopic (exact) mass is 469 g/mol. The molecular weight excluding hydrogens is 446 g/mol. The van der Waals surface area contributed by atoms with Gasteiger partial charge in [-0.25, -0.2) is 0 Å². The molecule has 0 saturated carbocycles. The molecule has 0 radical (unpaired) electrons. The highest BCUT2D eigenvalue weighted by Crippen LogP contribution is 2.31. The van der Waals surface area contributed by atoms with E-state index >= 15 is 0 Å². The molecule has 0 spiro atoms. The number of primary amides is 1. The van der Waals surface area contributed by atoms with Crippen LogP contribution in [0.4, 0.5) is 5.69 Å². The third-order valence-corrected chi connectivity index (χ3v) is 6.78. The van der Waals surface area contributed by atoms with E-state index in [1.54, 1.807) is 11.3 Å². The zero-order chi connectivity index (χ0) is 23.1. The van der Waals surface area contributed by atoms with E-state index in [1.807, 2.05) is 29.6 Å². The van der Waals surface area contributed by atoms with Crippen LogP contribution in [0.15, 0.2) is 64.9 Å². The van der Waals surface area contributed by atoms with Crippen molar-refractivity contribution in [1.82, 2.24) is 5.32 Å². The van der Waals surface area contributed by atoms with Gasteiger partial charge in [0, 0.05) is 16.5 Å². The number of nitrogens with one attached hydrogen (secondary N) is 1. The molecule has 0 bridgehead atoms. The molecule has 0 aliphatic carbocycles. The Morgan fingerprint density at radius 3 is 2.53 bits per heavy atom. The van der Waals surface area contributed by atoms with Gasteiger partial charge in [0.15, 0.2) is 0 Å². The quantitative estimate of drug-likeness (QED) is 0.254. The van der Waals surface area contributed by atoms with Crippen LogP contribution in [0.2, 0.25) is 0 Å². The summed E-state index contributed by atoms with van der Waals surface area (Å²) in [5, 5.41) is 16.4. The lowest BCUT2D eigenvalue weighted by atomic mass is 10.0. The van der Waals surface area contributed by atoms with E-state index in [1.165, 1.54) is 17.7 Å². The average molecular weight is 470 g/mol. The SMILES string of the molecule is CCCc1ccc(C(NC(=O)CSc2ccc(C(N)=O)cc2[N+](=O)[O-])c2cccs2)cc1. The number of hydrogen-bond donors (Lipinski definition) is 2. The van der Waals surface area contributed by atoms with Gasteiger partial charge in [0.1, 0.15) is 0 Å². The lowest BCUT2D eigenvalue weighted by Gasteiger charge is -2.18. The maximum atomic E-state index is 12.7. The van der Waals surface area contributed by atoms with Crippen molar-refractivity contribution >= 4 is 40.6 Å². The molecule has 9 heteroatoms. The number of carbonyl (C=O) groups excluding carboxylic acids is 2. The van der Waals surface area contributed by atoms with Gasteiger partial charge in [-0.1, -0.05) is 43.7 Å². The highest BCUT2D eigenvalue weighted by atomic mass is 32.2. The van der Waals surface area contributed by atoms with Crippen molar-refractivity contribution in [1.29, 1.82) is 0 Å². The van der Waals surface area contributed by atoms with Crippen LogP contribution in [-0.2, 0) is 11.2 Å². The van der Waals surface area contributed by atoms with Crippen LogP contribution in [-0.4, -0.2) is 22.5 Å². The number of nitrogens with two attached hydrogens (primary N) is 1. The summed E-state index contributed by atoms with van der Waals surface area (Å²) < 4.78 is 0. The molecule has 0 fully saturated rings. The Kier molecular flexibility index (Phi) is 8.02. The number of carbonyl (C=O) groups is 2. The van der Waals surface area contributed by atoms with Crippen molar-refractivity contribution in [2.75, 3.05) is 5.75 Å². The third kappa shape index (κ3) is 5.95. The van der Waals surface area contributed by atoms with Crippen molar-refractivity contribution in [3.05, 3.63) is 91.7 Å². The van der Waals surface area contributed by atoms with Gasteiger partial charge in [0.05, 0.1) is 21.6 Å². The Morgan fingerprint density at radius 1 is 1.19 bits per heavy atom. The summed E-state index contributed by atoms with van der Waals surface area (Å²) in [5.74, 6) is -1.00. The number of thioether (sulfide) groups is 1. The maximum absolute atomic E-state index is 12.7. The number of benzene rings is 2. The predicted octanol–water partition coefficient (Wildman–Crippen LogP) is 4.71. The molecule has 3 aromatic rings. The van der Waals surface area contributed by atoms with E-state index in [0.717, 1.165) is 41.1 Å². The first-order valence-electron chi connectivity index (χ1n) is 10.0. The number of nitro groups is 1. The van der Waals surface area contributed by atoms with Gasteiger partial charge < -0.3 is 11.1 Å². The molecule has 32 heavy (non-hydrogen) atoms. The molecular formula is C23H23N3O4S2. The van der Waals surface area contributed by atoms with Crippen molar-refractivity contribution in [2.45, 2.75) is 30.7 Å². The Bertz CT molecular complexity index is 1100. The van der Waals surface area contributed by atoms with Gasteiger partial charge in [-0.3, -0.25) is 19.7 Å². The molecule has 3 rings (SSSR count). The van der Waals surface area contributed by atoms with Crippen molar-refractivity contribution in [2.24, 2.45) is 5.73 Å². The van der Waals surface area contributed by atoms with Crippen molar-refractivity contribution in [3.63, 3.8) is 0 Å². The van der Waals surface area contributed by atoms with Crippen molar-refractivity contribution in [3.8, 4) is 0 Å². The molecule has 1 unspecified atom stereocenters. The molecule has 7 nitrogen and oxygen atoms in total. The lowest BCUT2D eigenvalue weighted by Crippen LogP contribution is -2.30. The molecule has 0 aliphatic heterocycles. The highest BCUT2D eigenvalue weighted by molar-refractivity contribution is 8.00. The molecule has 1 aromatic heterocycles. The summed E-state index contributed by atoms with van der Waals surface area (Å²) in [6, 6.07) is 15.8. The molecule has 3 N–H and O–H groups in total. The third-order valence-electron chi connectivity index (χ3n) is 4.78. The van der Waals surface area contributed by atoms with Gasteiger partial charge in [0.25, 0.3) is 5.69 Å². The summed E-state index contributed by atoms with van der Waals surface area (Å²) in [6.07, 6.45) is 2.06. The summed E-state index contributed by atoms with van der Waals surface area (Å²) >= 11 is 2.60. The van der Waals surface area contributed by atoms with Crippen LogP contribution in [0.3, 0.4) is 0 Å². The van der Waals surface area contributed by atoms with Gasteiger partial charge in [-0.05, 0) is 41.1 Å². The molecule has 2 aromatic carbocycles. The smallest absolute Gasteiger partial charge is 0.283 e. The molecule has 1 atom stereocenters. The molecule has 2 amide bonds. The van der Waals surface area contributed by atoms with E-state index in [0.29, 0.717) is 4.90 Å². The van der Waals surface area contributed by atoms with Crippen LogP contribution in [0.5, 0.6) is 0 Å². The first-order valence-corrected chi connectivity index (χ1v) is 11.9. The predicted molar refractivity (Wildman–Crippen MR) is 127 cm³/mol. The van der Waals surface area contributed by atoms with Gasteiger partial charge in [0.2, 0.25) is 11.8 Å². The summed E-state index contributed by atoms with van der Waals surface area (Å²) in [4.78, 5) is 36.1. The fraction of sp³-hybridized carbons (Fsp3) is 0.217. The standard InChI is InChI=1S/C23H23N3O4S2/c1-2-4-15-6-8-16(9-7-15)22(20-5-3-12-31-20)25-21(27)14-32-19-11-10-17(23(24)28)13-18(19)26(29)30/h3,5-13,22H,2,4,14H2,1H3,(H2,24,28)(H,25,27). The lowest BCUT2D eigenvalue weighted by molar-refractivity contribution is -0.387. The van der Waals surface area contributed by atoms with E-state index in [4.69, 9.17) is 5.73 Å². The van der Waals surface area contributed by atoms with E-state index < -0.39 is 10.8 Å². The molecule has 0 aliphatic rings. The fourth-order valence-electron chi connectivity index (χ4n) is 3.22. The Balaban J connectivity index is 1.74. The first kappa shape index (κ1) is 23.5. The van der Waals surface area contributed by atoms with E-state index in [9.17, 15) is 19.7 Å². The number of aryl methyl sites for hydroxylation is 1. The first-order chi connectivity index (χ1) is 15.4. The Hall–Kier alpha value is -3.17. The van der Waals surface area contributed by atoms with Crippen LogP contribution in [0.1, 0.15) is 45.7 Å². The van der Waals surface area contributed by atoms with E-state index in [2.05, 4.69) is 24.4 Å². The molecule has 166 valence electrons. The Morgan fingerprint density at radius 2 is 1.94 bits per heavy atom. The number of hydrogen-bond acceptors (Lipinski definition) is 6. The Labute approximate surface area is 194 Å². The summed E-state index contributed by atoms with van der Waals surface area (Å²) in [5.41, 5.74) is 7.23. The number of rotatable bonds is 10. The second-order valence-electron chi connectivity index (χ2n) is 7.10. The van der Waals surface area contributed by atoms with Crippen LogP contribution < -0.4 is 11.1 Å². The zero-order valence-electron chi connectivity index (χ0n) is 17.4. The normalized spacial score (nSPS) is 11.7. The second-order valence-corrected chi connectivity index (χ2v) is 9.10. The zero-order valence-corrected chi connectivity index (χ0v) is 19.1. The topological polar surface area (TPSA) is 115 Å². The van der Waals surface area contributed by atoms with E-state index in [-0.39, 0.29) is 29.0 Å². The largest absolute Gasteiger partial charge is 0.366 e. The summed E-state index contributed by atoms with van der Waals surface area (Å²) in [7, 11) is 0.